The maximum absolute atomic E-state index is 12.2. The predicted molar refractivity (Wildman–Crippen MR) is 65.0 cm³/mol. The first-order valence-corrected chi connectivity index (χ1v) is 6.23. The van der Waals surface area contributed by atoms with Gasteiger partial charge < -0.3 is 0 Å². The molecule has 86 valence electrons. The number of hydrogen-bond donors (Lipinski definition) is 0. The predicted octanol–water partition coefficient (Wildman–Crippen LogP) is 4.36. The van der Waals surface area contributed by atoms with E-state index >= 15 is 0 Å². The Morgan fingerprint density at radius 3 is 2.62 bits per heavy atom. The topological polar surface area (TPSA) is 23.8 Å². The van der Waals surface area contributed by atoms with E-state index in [1.54, 1.807) is 12.1 Å². The van der Waals surface area contributed by atoms with Crippen LogP contribution in [0.25, 0.3) is 0 Å². The van der Waals surface area contributed by atoms with E-state index in [2.05, 4.69) is 0 Å². The number of rotatable bonds is 3. The van der Waals surface area contributed by atoms with Gasteiger partial charge in [0.1, 0.15) is 0 Å². The standard InChI is InChI=1S/C10H7F3INS/c11-10(12,13)16-8-5-1-3-7(9(8)14)4-2-6-15/h1,3,5H,2,4H2. The molecule has 16 heavy (non-hydrogen) atoms. The molecule has 1 rings (SSSR count). The summed E-state index contributed by atoms with van der Waals surface area (Å²) in [6.45, 7) is 0. The molecule has 1 aromatic rings. The SMILES string of the molecule is N#CCCc1cccc(SC(F)(F)F)c1I. The van der Waals surface area contributed by atoms with Crippen LogP contribution in [-0.4, -0.2) is 5.51 Å². The number of nitriles is 1. The van der Waals surface area contributed by atoms with E-state index in [9.17, 15) is 13.2 Å². The highest BCUT2D eigenvalue weighted by molar-refractivity contribution is 14.1. The van der Waals surface area contributed by atoms with Crippen molar-refractivity contribution in [1.29, 1.82) is 5.26 Å². The second-order valence-corrected chi connectivity index (χ2v) is 5.12. The molecule has 0 fully saturated rings. The summed E-state index contributed by atoms with van der Waals surface area (Å²) in [6, 6.07) is 6.75. The van der Waals surface area contributed by atoms with Crippen molar-refractivity contribution >= 4 is 34.4 Å². The monoisotopic (exact) mass is 357 g/mol. The molecule has 0 atom stereocenters. The van der Waals surface area contributed by atoms with Gasteiger partial charge in [-0.15, -0.1) is 0 Å². The number of hydrogen-bond acceptors (Lipinski definition) is 2. The molecule has 0 aliphatic carbocycles. The van der Waals surface area contributed by atoms with E-state index in [1.165, 1.54) is 6.07 Å². The van der Waals surface area contributed by atoms with Gasteiger partial charge in [-0.25, -0.2) is 0 Å². The Morgan fingerprint density at radius 1 is 1.38 bits per heavy atom. The molecule has 0 saturated heterocycles. The lowest BCUT2D eigenvalue weighted by molar-refractivity contribution is -0.0328. The highest BCUT2D eigenvalue weighted by Gasteiger charge is 2.30. The molecular formula is C10H7F3INS. The number of nitrogens with zero attached hydrogens (tertiary/aromatic N) is 1. The molecule has 0 amide bonds. The Bertz CT molecular complexity index is 412. The highest BCUT2D eigenvalue weighted by Crippen LogP contribution is 2.39. The molecule has 0 bridgehead atoms. The molecule has 0 aromatic heterocycles. The van der Waals surface area contributed by atoms with Crippen LogP contribution < -0.4 is 0 Å². The van der Waals surface area contributed by atoms with Crippen LogP contribution in [0.1, 0.15) is 12.0 Å². The lowest BCUT2D eigenvalue weighted by Gasteiger charge is -2.10. The van der Waals surface area contributed by atoms with Crippen molar-refractivity contribution < 1.29 is 13.2 Å². The second kappa shape index (κ2) is 5.77. The summed E-state index contributed by atoms with van der Waals surface area (Å²) in [6.07, 6.45) is 0.803. The second-order valence-electron chi connectivity index (χ2n) is 2.94. The van der Waals surface area contributed by atoms with Gasteiger partial charge in [-0.05, 0) is 52.4 Å². The third kappa shape index (κ3) is 4.22. The molecule has 1 aromatic carbocycles. The third-order valence-electron chi connectivity index (χ3n) is 1.78. The van der Waals surface area contributed by atoms with Crippen LogP contribution in [0.5, 0.6) is 0 Å². The zero-order valence-electron chi connectivity index (χ0n) is 8.01. The minimum atomic E-state index is -4.27. The molecule has 0 radical (unpaired) electrons. The molecule has 0 N–H and O–H groups in total. The largest absolute Gasteiger partial charge is 0.446 e. The van der Waals surface area contributed by atoms with E-state index < -0.39 is 5.51 Å². The summed E-state index contributed by atoms with van der Waals surface area (Å²) in [7, 11) is 0. The average Bonchev–Trinajstić information content (AvgIpc) is 2.17. The van der Waals surface area contributed by atoms with Gasteiger partial charge in [-0.2, -0.15) is 18.4 Å². The minimum absolute atomic E-state index is 0.115. The lowest BCUT2D eigenvalue weighted by Crippen LogP contribution is -2.01. The summed E-state index contributed by atoms with van der Waals surface area (Å²) in [5.74, 6) is 0. The summed E-state index contributed by atoms with van der Waals surface area (Å²) >= 11 is 1.77. The van der Waals surface area contributed by atoms with Gasteiger partial charge >= 0.3 is 5.51 Å². The third-order valence-corrected chi connectivity index (χ3v) is 4.21. The minimum Gasteiger partial charge on any atom is -0.198 e. The number of benzene rings is 1. The normalized spacial score (nSPS) is 11.2. The number of alkyl halides is 3. The van der Waals surface area contributed by atoms with Gasteiger partial charge in [-0.1, -0.05) is 12.1 Å². The Hall–Kier alpha value is -0.420. The van der Waals surface area contributed by atoms with Gasteiger partial charge in [0.15, 0.2) is 0 Å². The molecule has 0 unspecified atom stereocenters. The molecule has 0 spiro atoms. The summed E-state index contributed by atoms with van der Waals surface area (Å²) in [4.78, 5) is 0.198. The molecule has 0 saturated carbocycles. The van der Waals surface area contributed by atoms with Crippen LogP contribution in [0.3, 0.4) is 0 Å². The van der Waals surface area contributed by atoms with Crippen molar-refractivity contribution in [2.45, 2.75) is 23.2 Å². The van der Waals surface area contributed by atoms with E-state index in [4.69, 9.17) is 5.26 Å². The van der Waals surface area contributed by atoms with Crippen molar-refractivity contribution in [3.63, 3.8) is 0 Å². The first-order valence-electron chi connectivity index (χ1n) is 4.34. The van der Waals surface area contributed by atoms with Gasteiger partial charge in [0.2, 0.25) is 0 Å². The highest BCUT2D eigenvalue weighted by atomic mass is 127. The van der Waals surface area contributed by atoms with Gasteiger partial charge in [0.05, 0.1) is 6.07 Å². The van der Waals surface area contributed by atoms with Crippen LogP contribution in [-0.2, 0) is 6.42 Å². The smallest absolute Gasteiger partial charge is 0.198 e. The molecule has 0 aliphatic heterocycles. The van der Waals surface area contributed by atoms with Gasteiger partial charge in [-0.3, -0.25) is 0 Å². The number of halogens is 4. The molecule has 1 nitrogen and oxygen atoms in total. The zero-order valence-corrected chi connectivity index (χ0v) is 11.0. The molecule has 6 heteroatoms. The van der Waals surface area contributed by atoms with Crippen LogP contribution >= 0.6 is 34.4 Å². The summed E-state index contributed by atoms with van der Waals surface area (Å²) in [5.41, 5.74) is -3.48. The lowest BCUT2D eigenvalue weighted by atomic mass is 10.1. The van der Waals surface area contributed by atoms with Crippen LogP contribution in [0, 0.1) is 14.9 Å². The zero-order chi connectivity index (χ0) is 12.2. The van der Waals surface area contributed by atoms with Gasteiger partial charge in [0.25, 0.3) is 0 Å². The molecular weight excluding hydrogens is 350 g/mol. The average molecular weight is 357 g/mol. The van der Waals surface area contributed by atoms with E-state index in [-0.39, 0.29) is 16.7 Å². The van der Waals surface area contributed by atoms with Crippen molar-refractivity contribution in [3.05, 3.63) is 27.3 Å². The van der Waals surface area contributed by atoms with Crippen molar-refractivity contribution in [1.82, 2.24) is 0 Å². The Labute approximate surface area is 109 Å². The van der Waals surface area contributed by atoms with Crippen molar-refractivity contribution in [2.75, 3.05) is 0 Å². The molecule has 0 aliphatic rings. The van der Waals surface area contributed by atoms with E-state index in [1.807, 2.05) is 28.7 Å². The fourth-order valence-electron chi connectivity index (χ4n) is 1.14. The van der Waals surface area contributed by atoms with Crippen LogP contribution in [0.4, 0.5) is 13.2 Å². The fraction of sp³-hybridized carbons (Fsp3) is 0.300. The first kappa shape index (κ1) is 13.6. The number of thioether (sulfide) groups is 1. The van der Waals surface area contributed by atoms with Crippen LogP contribution in [0.15, 0.2) is 23.1 Å². The van der Waals surface area contributed by atoms with Crippen molar-refractivity contribution in [3.8, 4) is 6.07 Å². The van der Waals surface area contributed by atoms with Gasteiger partial charge in [0, 0.05) is 14.9 Å². The Morgan fingerprint density at radius 2 is 2.06 bits per heavy atom. The maximum atomic E-state index is 12.2. The van der Waals surface area contributed by atoms with E-state index in [0.717, 1.165) is 5.56 Å². The summed E-state index contributed by atoms with van der Waals surface area (Å²) in [5, 5.41) is 8.44. The quantitative estimate of drug-likeness (QED) is 0.593. The van der Waals surface area contributed by atoms with Crippen molar-refractivity contribution in [2.24, 2.45) is 0 Å². The van der Waals surface area contributed by atoms with Crippen LogP contribution in [0.2, 0.25) is 0 Å². The maximum Gasteiger partial charge on any atom is 0.446 e. The number of aryl methyl sites for hydroxylation is 1. The Kier molecular flexibility index (Phi) is 4.92. The first-order chi connectivity index (χ1) is 7.44. The van der Waals surface area contributed by atoms with E-state index in [0.29, 0.717) is 16.4 Å². The Balaban J connectivity index is 2.91. The fourth-order valence-corrected chi connectivity index (χ4v) is 2.72. The molecule has 0 heterocycles. The summed E-state index contributed by atoms with van der Waals surface area (Å²) < 4.78 is 37.2.